The summed E-state index contributed by atoms with van der Waals surface area (Å²) in [6.45, 7) is 4.68. The Labute approximate surface area is 113 Å². The molecule has 0 radical (unpaired) electrons. The van der Waals surface area contributed by atoms with Gasteiger partial charge in [-0.2, -0.15) is 0 Å². The first-order chi connectivity index (χ1) is 9.04. The number of benzene rings is 1. The lowest BCUT2D eigenvalue weighted by atomic mass is 9.85. The molecule has 0 atom stereocenters. The average molecular weight is 264 g/mol. The van der Waals surface area contributed by atoms with E-state index in [0.29, 0.717) is 11.7 Å². The molecule has 1 N–H and O–H groups in total. The van der Waals surface area contributed by atoms with Crippen LogP contribution in [0.5, 0.6) is 5.75 Å². The number of non-ortho nitro benzene ring substituents is 1. The van der Waals surface area contributed by atoms with E-state index in [0.717, 1.165) is 12.2 Å². The van der Waals surface area contributed by atoms with Gasteiger partial charge in [-0.15, -0.1) is 0 Å². The van der Waals surface area contributed by atoms with Gasteiger partial charge in [-0.1, -0.05) is 6.42 Å². The Morgan fingerprint density at radius 3 is 2.68 bits per heavy atom. The second-order valence-corrected chi connectivity index (χ2v) is 5.32. The predicted octanol–water partition coefficient (Wildman–Crippen LogP) is 3.59. The molecule has 0 saturated heterocycles. The minimum Gasteiger partial charge on any atom is -0.491 e. The summed E-state index contributed by atoms with van der Waals surface area (Å²) in [5.74, 6) is 1.24. The molecule has 0 bridgehead atoms. The molecule has 1 aliphatic rings. The standard InChI is InChI=1S/C14H20N2O3/c1-10(2)19-14-7-12(6-13(8-14)16(17)18)15-9-11-4-3-5-11/h6-8,10-11,15H,3-5,9H2,1-2H3. The quantitative estimate of drug-likeness (QED) is 0.630. The smallest absolute Gasteiger partial charge is 0.275 e. The highest BCUT2D eigenvalue weighted by atomic mass is 16.6. The van der Waals surface area contributed by atoms with Crippen molar-refractivity contribution in [2.75, 3.05) is 11.9 Å². The van der Waals surface area contributed by atoms with E-state index >= 15 is 0 Å². The van der Waals surface area contributed by atoms with Crippen molar-refractivity contribution in [1.82, 2.24) is 0 Å². The molecule has 1 fully saturated rings. The molecule has 1 aromatic rings. The topological polar surface area (TPSA) is 64.4 Å². The Bertz CT molecular complexity index is 456. The summed E-state index contributed by atoms with van der Waals surface area (Å²) in [6, 6.07) is 4.85. The molecule has 104 valence electrons. The van der Waals surface area contributed by atoms with Gasteiger partial charge in [-0.25, -0.2) is 0 Å². The van der Waals surface area contributed by atoms with Crippen LogP contribution in [0.4, 0.5) is 11.4 Å². The van der Waals surface area contributed by atoms with Crippen LogP contribution in [0.1, 0.15) is 33.1 Å². The molecule has 5 heteroatoms. The van der Waals surface area contributed by atoms with Crippen molar-refractivity contribution in [2.45, 2.75) is 39.2 Å². The molecular weight excluding hydrogens is 244 g/mol. The zero-order valence-electron chi connectivity index (χ0n) is 11.4. The van der Waals surface area contributed by atoms with E-state index in [1.54, 1.807) is 6.07 Å². The van der Waals surface area contributed by atoms with Crippen molar-refractivity contribution in [2.24, 2.45) is 5.92 Å². The highest BCUT2D eigenvalue weighted by molar-refractivity contribution is 5.56. The van der Waals surface area contributed by atoms with E-state index in [-0.39, 0.29) is 16.7 Å². The fraction of sp³-hybridized carbons (Fsp3) is 0.571. The van der Waals surface area contributed by atoms with Gasteiger partial charge in [-0.3, -0.25) is 10.1 Å². The highest BCUT2D eigenvalue weighted by Gasteiger charge is 2.18. The number of ether oxygens (including phenoxy) is 1. The van der Waals surface area contributed by atoms with Crippen molar-refractivity contribution in [1.29, 1.82) is 0 Å². The van der Waals surface area contributed by atoms with E-state index in [1.807, 2.05) is 19.9 Å². The molecule has 0 unspecified atom stereocenters. The number of nitro benzene ring substituents is 1. The lowest BCUT2D eigenvalue weighted by Crippen LogP contribution is -2.20. The Hall–Kier alpha value is -1.78. The van der Waals surface area contributed by atoms with Crippen LogP contribution in [0.2, 0.25) is 0 Å². The number of nitrogens with zero attached hydrogens (tertiary/aromatic N) is 1. The third-order valence-electron chi connectivity index (χ3n) is 3.29. The second-order valence-electron chi connectivity index (χ2n) is 5.32. The minimum atomic E-state index is -0.387. The maximum atomic E-state index is 10.9. The Morgan fingerprint density at radius 1 is 1.42 bits per heavy atom. The molecule has 1 saturated carbocycles. The summed E-state index contributed by atoms with van der Waals surface area (Å²) >= 11 is 0. The van der Waals surface area contributed by atoms with Gasteiger partial charge < -0.3 is 10.1 Å². The minimum absolute atomic E-state index is 0.00138. The lowest BCUT2D eigenvalue weighted by molar-refractivity contribution is -0.384. The first-order valence-corrected chi connectivity index (χ1v) is 6.74. The van der Waals surface area contributed by atoms with Crippen LogP contribution in [-0.4, -0.2) is 17.6 Å². The van der Waals surface area contributed by atoms with Crippen molar-refractivity contribution < 1.29 is 9.66 Å². The van der Waals surface area contributed by atoms with Gasteiger partial charge in [0.1, 0.15) is 5.75 Å². The fourth-order valence-corrected chi connectivity index (χ4v) is 2.09. The van der Waals surface area contributed by atoms with Crippen LogP contribution >= 0.6 is 0 Å². The second kappa shape index (κ2) is 5.91. The highest BCUT2D eigenvalue weighted by Crippen LogP contribution is 2.29. The molecule has 1 aliphatic carbocycles. The van der Waals surface area contributed by atoms with E-state index in [9.17, 15) is 10.1 Å². The summed E-state index contributed by atoms with van der Waals surface area (Å²) in [7, 11) is 0. The molecule has 1 aromatic carbocycles. The Balaban J connectivity index is 2.10. The molecule has 5 nitrogen and oxygen atoms in total. The summed E-state index contributed by atoms with van der Waals surface area (Å²) in [4.78, 5) is 10.5. The summed E-state index contributed by atoms with van der Waals surface area (Å²) < 4.78 is 5.55. The number of hydrogen-bond donors (Lipinski definition) is 1. The summed E-state index contributed by atoms with van der Waals surface area (Å²) in [6.07, 6.45) is 3.79. The summed E-state index contributed by atoms with van der Waals surface area (Å²) in [5, 5.41) is 14.2. The van der Waals surface area contributed by atoms with Crippen LogP contribution in [0.25, 0.3) is 0 Å². The normalized spacial score (nSPS) is 15.1. The third-order valence-corrected chi connectivity index (χ3v) is 3.29. The largest absolute Gasteiger partial charge is 0.491 e. The van der Waals surface area contributed by atoms with Crippen LogP contribution in [0, 0.1) is 16.0 Å². The van der Waals surface area contributed by atoms with E-state index in [1.165, 1.54) is 25.3 Å². The van der Waals surface area contributed by atoms with Crippen LogP contribution in [0.3, 0.4) is 0 Å². The fourth-order valence-electron chi connectivity index (χ4n) is 2.09. The number of nitro groups is 1. The maximum absolute atomic E-state index is 10.9. The zero-order chi connectivity index (χ0) is 13.8. The van der Waals surface area contributed by atoms with Gasteiger partial charge in [0.25, 0.3) is 5.69 Å². The Morgan fingerprint density at radius 2 is 2.16 bits per heavy atom. The van der Waals surface area contributed by atoms with E-state index in [2.05, 4.69) is 5.32 Å². The van der Waals surface area contributed by atoms with Crippen molar-refractivity contribution >= 4 is 11.4 Å². The number of hydrogen-bond acceptors (Lipinski definition) is 4. The third kappa shape index (κ3) is 3.84. The van der Waals surface area contributed by atoms with Crippen molar-refractivity contribution in [3.8, 4) is 5.75 Å². The maximum Gasteiger partial charge on any atom is 0.275 e. The Kier molecular flexibility index (Phi) is 4.24. The van der Waals surface area contributed by atoms with Gasteiger partial charge in [0.05, 0.1) is 17.1 Å². The van der Waals surface area contributed by atoms with Crippen LogP contribution < -0.4 is 10.1 Å². The predicted molar refractivity (Wildman–Crippen MR) is 74.7 cm³/mol. The molecule has 0 heterocycles. The molecular formula is C14H20N2O3. The van der Waals surface area contributed by atoms with Crippen molar-refractivity contribution in [3.05, 3.63) is 28.3 Å². The van der Waals surface area contributed by atoms with Crippen LogP contribution in [-0.2, 0) is 0 Å². The molecule has 19 heavy (non-hydrogen) atoms. The van der Waals surface area contributed by atoms with Crippen molar-refractivity contribution in [3.63, 3.8) is 0 Å². The molecule has 0 amide bonds. The number of rotatable bonds is 6. The number of nitrogens with one attached hydrogen (secondary N) is 1. The molecule has 0 aromatic heterocycles. The molecule has 2 rings (SSSR count). The van der Waals surface area contributed by atoms with E-state index in [4.69, 9.17) is 4.74 Å². The van der Waals surface area contributed by atoms with Gasteiger partial charge >= 0.3 is 0 Å². The monoisotopic (exact) mass is 264 g/mol. The first-order valence-electron chi connectivity index (χ1n) is 6.74. The van der Waals surface area contributed by atoms with Gasteiger partial charge in [0.15, 0.2) is 0 Å². The SMILES string of the molecule is CC(C)Oc1cc(NCC2CCC2)cc([N+](=O)[O-])c1. The van der Waals surface area contributed by atoms with Gasteiger partial charge in [0, 0.05) is 24.4 Å². The van der Waals surface area contributed by atoms with Gasteiger partial charge in [0.2, 0.25) is 0 Å². The first kappa shape index (κ1) is 13.6. The van der Waals surface area contributed by atoms with Gasteiger partial charge in [-0.05, 0) is 32.6 Å². The molecule has 0 aliphatic heterocycles. The summed E-state index contributed by atoms with van der Waals surface area (Å²) in [5.41, 5.74) is 0.825. The van der Waals surface area contributed by atoms with E-state index < -0.39 is 0 Å². The lowest BCUT2D eigenvalue weighted by Gasteiger charge is -2.26. The molecule has 0 spiro atoms. The zero-order valence-corrected chi connectivity index (χ0v) is 11.4. The number of anilines is 1. The van der Waals surface area contributed by atoms with Crippen LogP contribution in [0.15, 0.2) is 18.2 Å². The average Bonchev–Trinajstić information content (AvgIpc) is 2.25.